The Morgan fingerprint density at radius 2 is 2.09 bits per heavy atom. The van der Waals surface area contributed by atoms with Gasteiger partial charge < -0.3 is 14.2 Å². The van der Waals surface area contributed by atoms with Gasteiger partial charge in [0.1, 0.15) is 17.5 Å². The number of rotatable bonds is 3. The van der Waals surface area contributed by atoms with Crippen molar-refractivity contribution in [3.8, 4) is 5.75 Å². The highest BCUT2D eigenvalue weighted by Crippen LogP contribution is 2.19. The molecule has 114 valence electrons. The van der Waals surface area contributed by atoms with E-state index in [1.54, 1.807) is 40.9 Å². The van der Waals surface area contributed by atoms with Crippen LogP contribution in [-0.4, -0.2) is 39.6 Å². The number of aromatic nitrogens is 2. The number of ether oxygens (including phenoxy) is 1. The van der Waals surface area contributed by atoms with Crippen molar-refractivity contribution in [2.45, 2.75) is 13.0 Å². The van der Waals surface area contributed by atoms with Gasteiger partial charge in [0.05, 0.1) is 13.1 Å². The van der Waals surface area contributed by atoms with Gasteiger partial charge >= 0.3 is 0 Å². The quantitative estimate of drug-likeness (QED) is 0.848. The average Bonchev–Trinajstić information content (AvgIpc) is 2.48. The lowest BCUT2D eigenvalue weighted by Crippen LogP contribution is -2.56. The third-order valence-corrected chi connectivity index (χ3v) is 3.80. The number of aryl methyl sites for hydroxylation is 1. The van der Waals surface area contributed by atoms with Crippen molar-refractivity contribution in [2.24, 2.45) is 7.05 Å². The van der Waals surface area contributed by atoms with Gasteiger partial charge in [-0.25, -0.2) is 0 Å². The van der Waals surface area contributed by atoms with Gasteiger partial charge in [0.2, 0.25) is 0 Å². The molecule has 3 heterocycles. The molecule has 1 aliphatic heterocycles. The van der Waals surface area contributed by atoms with Crippen LogP contribution >= 0.6 is 0 Å². The maximum atomic E-state index is 12.1. The maximum Gasteiger partial charge on any atom is 0.272 e. The van der Waals surface area contributed by atoms with E-state index in [9.17, 15) is 9.59 Å². The van der Waals surface area contributed by atoms with Crippen LogP contribution in [-0.2, 0) is 7.05 Å². The molecule has 1 fully saturated rings. The Balaban J connectivity index is 1.60. The molecule has 22 heavy (non-hydrogen) atoms. The fourth-order valence-electron chi connectivity index (χ4n) is 2.33. The molecule has 6 heteroatoms. The van der Waals surface area contributed by atoms with E-state index < -0.39 is 0 Å². The molecule has 0 unspecified atom stereocenters. The van der Waals surface area contributed by atoms with Crippen LogP contribution in [0.4, 0.5) is 0 Å². The molecule has 1 saturated heterocycles. The molecule has 0 N–H and O–H groups in total. The van der Waals surface area contributed by atoms with Crippen molar-refractivity contribution < 1.29 is 9.53 Å². The molecule has 0 bridgehead atoms. The number of likely N-dealkylation sites (tertiary alicyclic amines) is 1. The van der Waals surface area contributed by atoms with Crippen molar-refractivity contribution in [1.82, 2.24) is 14.5 Å². The second-order valence-corrected chi connectivity index (χ2v) is 5.39. The van der Waals surface area contributed by atoms with E-state index in [2.05, 4.69) is 4.98 Å². The predicted octanol–water partition coefficient (Wildman–Crippen LogP) is 0.992. The molecule has 0 spiro atoms. The Bertz CT molecular complexity index is 749. The highest BCUT2D eigenvalue weighted by atomic mass is 16.5. The molecular formula is C16H17N3O3. The van der Waals surface area contributed by atoms with E-state index >= 15 is 0 Å². The Kier molecular flexibility index (Phi) is 3.66. The molecule has 0 aromatic carbocycles. The van der Waals surface area contributed by atoms with Gasteiger partial charge in [0, 0.05) is 25.0 Å². The highest BCUT2D eigenvalue weighted by molar-refractivity contribution is 5.92. The van der Waals surface area contributed by atoms with Crippen molar-refractivity contribution in [1.29, 1.82) is 0 Å². The van der Waals surface area contributed by atoms with Gasteiger partial charge in [0.25, 0.3) is 11.5 Å². The summed E-state index contributed by atoms with van der Waals surface area (Å²) in [5.41, 5.74) is 1.17. The van der Waals surface area contributed by atoms with Gasteiger partial charge in [-0.1, -0.05) is 6.07 Å². The minimum absolute atomic E-state index is 0.0841. The fourth-order valence-corrected chi connectivity index (χ4v) is 2.33. The van der Waals surface area contributed by atoms with Crippen LogP contribution in [0.15, 0.2) is 41.3 Å². The molecule has 2 aromatic rings. The van der Waals surface area contributed by atoms with Crippen molar-refractivity contribution in [3.05, 3.63) is 58.3 Å². The number of hydrogen-bond acceptors (Lipinski definition) is 4. The van der Waals surface area contributed by atoms with Gasteiger partial charge in [-0.15, -0.1) is 0 Å². The minimum atomic E-state index is -0.101. The van der Waals surface area contributed by atoms with Gasteiger partial charge in [-0.05, 0) is 25.1 Å². The molecule has 6 nitrogen and oxygen atoms in total. The van der Waals surface area contributed by atoms with Crippen LogP contribution in [0.25, 0.3) is 0 Å². The molecule has 1 amide bonds. The molecule has 0 atom stereocenters. The fraction of sp³-hybridized carbons (Fsp3) is 0.312. The van der Waals surface area contributed by atoms with E-state index in [0.29, 0.717) is 24.5 Å². The number of pyridine rings is 2. The molecule has 0 radical (unpaired) electrons. The van der Waals surface area contributed by atoms with Gasteiger partial charge in [-0.2, -0.15) is 0 Å². The number of nitrogens with zero attached hydrogens (tertiary/aromatic N) is 3. The molecule has 3 rings (SSSR count). The number of amides is 1. The summed E-state index contributed by atoms with van der Waals surface area (Å²) in [5, 5.41) is 0. The molecule has 0 aliphatic carbocycles. The number of hydrogen-bond donors (Lipinski definition) is 0. The predicted molar refractivity (Wildman–Crippen MR) is 81.0 cm³/mol. The number of carbonyl (C=O) groups excluding carboxylic acids is 1. The maximum absolute atomic E-state index is 12.1. The first-order chi connectivity index (χ1) is 10.5. The van der Waals surface area contributed by atoms with E-state index in [0.717, 1.165) is 5.69 Å². The Labute approximate surface area is 128 Å². The third kappa shape index (κ3) is 2.72. The summed E-state index contributed by atoms with van der Waals surface area (Å²) in [6.45, 7) is 2.86. The molecular weight excluding hydrogens is 282 g/mol. The number of carbonyl (C=O) groups is 1. The van der Waals surface area contributed by atoms with Crippen LogP contribution in [0, 0.1) is 6.92 Å². The van der Waals surface area contributed by atoms with Crippen LogP contribution in [0.1, 0.15) is 16.2 Å². The third-order valence-electron chi connectivity index (χ3n) is 3.80. The normalized spacial score (nSPS) is 14.5. The van der Waals surface area contributed by atoms with Gasteiger partial charge in [0.15, 0.2) is 0 Å². The van der Waals surface area contributed by atoms with Crippen molar-refractivity contribution in [3.63, 3.8) is 0 Å². The Hall–Kier alpha value is -2.63. The lowest BCUT2D eigenvalue weighted by molar-refractivity contribution is 0.0172. The zero-order valence-corrected chi connectivity index (χ0v) is 12.5. The van der Waals surface area contributed by atoms with E-state index in [4.69, 9.17) is 4.74 Å². The molecule has 1 aliphatic rings. The lowest BCUT2D eigenvalue weighted by Gasteiger charge is -2.38. The smallest absolute Gasteiger partial charge is 0.272 e. The summed E-state index contributed by atoms with van der Waals surface area (Å²) in [6.07, 6.45) is 1.52. The SMILES string of the molecule is Cc1cc(OC2CN(C(=O)c3ccccn3)C2)cc(=O)n1C. The van der Waals surface area contributed by atoms with Crippen LogP contribution < -0.4 is 10.3 Å². The second-order valence-electron chi connectivity index (χ2n) is 5.39. The minimum Gasteiger partial charge on any atom is -0.486 e. The highest BCUT2D eigenvalue weighted by Gasteiger charge is 2.33. The largest absolute Gasteiger partial charge is 0.486 e. The summed E-state index contributed by atoms with van der Waals surface area (Å²) >= 11 is 0. The van der Waals surface area contributed by atoms with Crippen molar-refractivity contribution >= 4 is 5.91 Å². The summed E-state index contributed by atoms with van der Waals surface area (Å²) in [5.74, 6) is 0.455. The van der Waals surface area contributed by atoms with Crippen LogP contribution in [0.2, 0.25) is 0 Å². The first kappa shape index (κ1) is 14.3. The zero-order valence-electron chi connectivity index (χ0n) is 12.5. The second kappa shape index (κ2) is 5.63. The summed E-state index contributed by atoms with van der Waals surface area (Å²) < 4.78 is 7.32. The Morgan fingerprint density at radius 3 is 2.73 bits per heavy atom. The molecule has 0 saturated carbocycles. The summed E-state index contributed by atoms with van der Waals surface area (Å²) in [4.78, 5) is 29.6. The van der Waals surface area contributed by atoms with Crippen LogP contribution in [0.3, 0.4) is 0 Å². The van der Waals surface area contributed by atoms with E-state index in [-0.39, 0.29) is 17.6 Å². The molecule has 2 aromatic heterocycles. The van der Waals surface area contributed by atoms with Crippen LogP contribution in [0.5, 0.6) is 5.75 Å². The first-order valence-electron chi connectivity index (χ1n) is 7.09. The Morgan fingerprint density at radius 1 is 1.32 bits per heavy atom. The summed E-state index contributed by atoms with van der Waals surface area (Å²) in [7, 11) is 1.72. The monoisotopic (exact) mass is 299 g/mol. The lowest BCUT2D eigenvalue weighted by atomic mass is 10.1. The zero-order chi connectivity index (χ0) is 15.7. The first-order valence-corrected chi connectivity index (χ1v) is 7.09. The standard InChI is InChI=1S/C16H17N3O3/c1-11-7-12(8-15(20)18(11)2)22-13-9-19(10-13)16(21)14-5-3-4-6-17-14/h3-8,13H,9-10H2,1-2H3. The summed E-state index contributed by atoms with van der Waals surface area (Å²) in [6, 6.07) is 8.55. The topological polar surface area (TPSA) is 64.4 Å². The van der Waals surface area contributed by atoms with Crippen molar-refractivity contribution in [2.75, 3.05) is 13.1 Å². The van der Waals surface area contributed by atoms with E-state index in [1.807, 2.05) is 13.0 Å². The average molecular weight is 299 g/mol. The van der Waals surface area contributed by atoms with E-state index in [1.165, 1.54) is 6.07 Å². The van der Waals surface area contributed by atoms with Gasteiger partial charge in [-0.3, -0.25) is 14.6 Å².